The molecule has 0 fully saturated rings. The maximum Gasteiger partial charge on any atom is 0.178 e. The van der Waals surface area contributed by atoms with Crippen LogP contribution in [0.3, 0.4) is 0 Å². The molecule has 0 aliphatic heterocycles. The highest BCUT2D eigenvalue weighted by Gasteiger charge is 2.24. The van der Waals surface area contributed by atoms with Crippen molar-refractivity contribution in [2.45, 2.75) is 37.7 Å². The molecule has 0 atom stereocenters. The molecule has 0 radical (unpaired) electrons. The van der Waals surface area contributed by atoms with Crippen LogP contribution in [0.4, 0.5) is 0 Å². The second-order valence-electron chi connectivity index (χ2n) is 8.96. The summed E-state index contributed by atoms with van der Waals surface area (Å²) in [5.74, 6) is 0.654. The summed E-state index contributed by atoms with van der Waals surface area (Å²) in [5.41, 5.74) is 2.28. The third-order valence-electron chi connectivity index (χ3n) is 5.90. The van der Waals surface area contributed by atoms with Gasteiger partial charge in [-0.15, -0.1) is 0 Å². The lowest BCUT2D eigenvalue weighted by molar-refractivity contribution is 0.0741. The van der Waals surface area contributed by atoms with E-state index in [1.54, 1.807) is 57.3 Å². The quantitative estimate of drug-likeness (QED) is 0.260. The van der Waals surface area contributed by atoms with Gasteiger partial charge in [0.2, 0.25) is 0 Å². The van der Waals surface area contributed by atoms with Crippen LogP contribution in [0.15, 0.2) is 71.8 Å². The molecular formula is C27H25Cl3N2O3S. The van der Waals surface area contributed by atoms with Gasteiger partial charge in [0.05, 0.1) is 37.1 Å². The molecule has 0 saturated heterocycles. The van der Waals surface area contributed by atoms with Gasteiger partial charge in [-0.1, -0.05) is 72.1 Å². The van der Waals surface area contributed by atoms with E-state index in [0.29, 0.717) is 38.7 Å². The van der Waals surface area contributed by atoms with Crippen LogP contribution in [0.5, 0.6) is 0 Å². The monoisotopic (exact) mass is 562 g/mol. The highest BCUT2D eigenvalue weighted by Crippen LogP contribution is 2.33. The number of hydrogen-bond donors (Lipinski definition) is 1. The average Bonchev–Trinajstić information content (AvgIpc) is 3.26. The molecule has 0 amide bonds. The molecule has 5 nitrogen and oxygen atoms in total. The van der Waals surface area contributed by atoms with Crippen molar-refractivity contribution in [2.24, 2.45) is 0 Å². The van der Waals surface area contributed by atoms with E-state index in [1.165, 1.54) is 0 Å². The van der Waals surface area contributed by atoms with Gasteiger partial charge in [0.15, 0.2) is 9.84 Å². The van der Waals surface area contributed by atoms with Crippen molar-refractivity contribution in [2.75, 3.05) is 5.75 Å². The van der Waals surface area contributed by atoms with Crippen molar-refractivity contribution < 1.29 is 13.5 Å². The first-order valence-electron chi connectivity index (χ1n) is 11.3. The van der Waals surface area contributed by atoms with Crippen molar-refractivity contribution in [3.8, 4) is 16.8 Å². The van der Waals surface area contributed by atoms with Crippen LogP contribution in [0, 0.1) is 0 Å². The Kier molecular flexibility index (Phi) is 7.56. The SMILES string of the molecule is CCS(=O)(=O)c1cccc(-c2ccc(-n3cc(C(C)(C)O)nc3Cc3cccc(Cl)c3Cl)c(Cl)c2)c1. The molecule has 0 spiro atoms. The zero-order valence-electron chi connectivity index (χ0n) is 20.0. The molecule has 1 N–H and O–H groups in total. The third-order valence-corrected chi connectivity index (χ3v) is 8.79. The van der Waals surface area contributed by atoms with Gasteiger partial charge in [0.1, 0.15) is 11.4 Å². The molecule has 0 aliphatic rings. The molecule has 0 unspecified atom stereocenters. The molecule has 0 bridgehead atoms. The van der Waals surface area contributed by atoms with Gasteiger partial charge in [-0.2, -0.15) is 0 Å². The second kappa shape index (κ2) is 10.2. The number of rotatable bonds is 7. The van der Waals surface area contributed by atoms with Gasteiger partial charge in [-0.25, -0.2) is 13.4 Å². The lowest BCUT2D eigenvalue weighted by atomic mass is 10.1. The maximum atomic E-state index is 12.3. The van der Waals surface area contributed by atoms with E-state index in [2.05, 4.69) is 4.98 Å². The maximum absolute atomic E-state index is 12.3. The van der Waals surface area contributed by atoms with Gasteiger partial charge in [-0.3, -0.25) is 0 Å². The van der Waals surface area contributed by atoms with Gasteiger partial charge in [0.25, 0.3) is 0 Å². The van der Waals surface area contributed by atoms with E-state index in [9.17, 15) is 13.5 Å². The molecule has 3 aromatic carbocycles. The fourth-order valence-electron chi connectivity index (χ4n) is 3.82. The normalized spacial score (nSPS) is 12.2. The highest BCUT2D eigenvalue weighted by atomic mass is 35.5. The smallest absolute Gasteiger partial charge is 0.178 e. The number of benzene rings is 3. The zero-order chi connectivity index (χ0) is 26.3. The van der Waals surface area contributed by atoms with Crippen molar-refractivity contribution >= 4 is 44.6 Å². The Balaban J connectivity index is 1.79. The molecule has 4 aromatic rings. The van der Waals surface area contributed by atoms with Crippen molar-refractivity contribution in [3.05, 3.63) is 99.0 Å². The molecule has 1 heterocycles. The minimum Gasteiger partial charge on any atom is -0.384 e. The fraction of sp³-hybridized carbons (Fsp3) is 0.222. The highest BCUT2D eigenvalue weighted by molar-refractivity contribution is 7.91. The zero-order valence-corrected chi connectivity index (χ0v) is 23.0. The summed E-state index contributed by atoms with van der Waals surface area (Å²) in [6.45, 7) is 4.95. The third kappa shape index (κ3) is 5.48. The summed E-state index contributed by atoms with van der Waals surface area (Å²) in [6.07, 6.45) is 2.12. The number of hydrogen-bond acceptors (Lipinski definition) is 4. The molecule has 9 heteroatoms. The van der Waals surface area contributed by atoms with Gasteiger partial charge in [-0.05, 0) is 60.9 Å². The number of halogens is 3. The Morgan fingerprint density at radius 2 is 1.64 bits per heavy atom. The van der Waals surface area contributed by atoms with E-state index < -0.39 is 15.4 Å². The molecular weight excluding hydrogens is 539 g/mol. The molecule has 1 aromatic heterocycles. The predicted molar refractivity (Wildman–Crippen MR) is 146 cm³/mol. The van der Waals surface area contributed by atoms with Crippen LogP contribution in [-0.4, -0.2) is 28.8 Å². The van der Waals surface area contributed by atoms with Crippen LogP contribution < -0.4 is 0 Å². The standard InChI is InChI=1S/C27H25Cl3N2O3S/c1-4-36(34,35)20-9-5-7-17(13-20)18-11-12-23(22(29)14-18)32-16-24(27(2,3)33)31-25(32)15-19-8-6-10-21(28)26(19)30/h5-14,16,33H,4,15H2,1-3H3. The van der Waals surface area contributed by atoms with Crippen molar-refractivity contribution in [1.82, 2.24) is 9.55 Å². The van der Waals surface area contributed by atoms with E-state index in [4.69, 9.17) is 34.8 Å². The lowest BCUT2D eigenvalue weighted by Gasteiger charge is -2.13. The summed E-state index contributed by atoms with van der Waals surface area (Å²) < 4.78 is 26.5. The molecule has 4 rings (SSSR count). The van der Waals surface area contributed by atoms with Crippen LogP contribution in [0.1, 0.15) is 37.9 Å². The van der Waals surface area contributed by atoms with Gasteiger partial charge >= 0.3 is 0 Å². The van der Waals surface area contributed by atoms with Gasteiger partial charge in [0, 0.05) is 12.6 Å². The Bertz CT molecular complexity index is 1540. The van der Waals surface area contributed by atoms with Crippen LogP contribution >= 0.6 is 34.8 Å². The Hall–Kier alpha value is -2.35. The topological polar surface area (TPSA) is 72.2 Å². The molecule has 188 valence electrons. The van der Waals surface area contributed by atoms with E-state index in [1.807, 2.05) is 34.9 Å². The molecule has 0 saturated carbocycles. The Morgan fingerprint density at radius 1 is 0.944 bits per heavy atom. The van der Waals surface area contributed by atoms with Crippen molar-refractivity contribution in [1.29, 1.82) is 0 Å². The van der Waals surface area contributed by atoms with Crippen LogP contribution in [0.25, 0.3) is 16.8 Å². The van der Waals surface area contributed by atoms with E-state index >= 15 is 0 Å². The number of aliphatic hydroxyl groups is 1. The summed E-state index contributed by atoms with van der Waals surface area (Å²) in [6, 6.07) is 17.7. The average molecular weight is 564 g/mol. The number of sulfone groups is 1. The lowest BCUT2D eigenvalue weighted by Crippen LogP contribution is -2.15. The minimum absolute atomic E-state index is 0.0275. The minimum atomic E-state index is -3.33. The summed E-state index contributed by atoms with van der Waals surface area (Å²) in [5, 5.41) is 11.9. The first kappa shape index (κ1) is 26.7. The Morgan fingerprint density at radius 3 is 2.31 bits per heavy atom. The fourth-order valence-corrected chi connectivity index (χ4v) is 5.40. The number of nitrogens with zero attached hydrogens (tertiary/aromatic N) is 2. The number of aromatic nitrogens is 2. The largest absolute Gasteiger partial charge is 0.384 e. The Labute approximate surface area is 226 Å². The summed E-state index contributed by atoms with van der Waals surface area (Å²) >= 11 is 19.4. The second-order valence-corrected chi connectivity index (χ2v) is 12.4. The summed E-state index contributed by atoms with van der Waals surface area (Å²) in [7, 11) is -3.33. The first-order valence-corrected chi connectivity index (χ1v) is 14.1. The summed E-state index contributed by atoms with van der Waals surface area (Å²) in [4.78, 5) is 4.95. The predicted octanol–water partition coefficient (Wildman–Crippen LogP) is 7.11. The van der Waals surface area contributed by atoms with E-state index in [-0.39, 0.29) is 10.6 Å². The van der Waals surface area contributed by atoms with Crippen LogP contribution in [-0.2, 0) is 21.9 Å². The van der Waals surface area contributed by atoms with Gasteiger partial charge < -0.3 is 9.67 Å². The molecule has 36 heavy (non-hydrogen) atoms. The number of imidazole rings is 1. The first-order chi connectivity index (χ1) is 16.9. The van der Waals surface area contributed by atoms with Crippen molar-refractivity contribution in [3.63, 3.8) is 0 Å². The van der Waals surface area contributed by atoms with E-state index in [0.717, 1.165) is 16.7 Å². The molecule has 0 aliphatic carbocycles. The van der Waals surface area contributed by atoms with Crippen LogP contribution in [0.2, 0.25) is 15.1 Å².